The van der Waals surface area contributed by atoms with Crippen molar-refractivity contribution >= 4 is 0 Å². The van der Waals surface area contributed by atoms with Crippen LogP contribution in [-0.4, -0.2) is 19.2 Å². The standard InChI is InChI=1S/C16H26N2O/c1-10-8-13(11(2)12(3)16(10)19-4)9-18-15-7-5-6-14(15)17/h8,14-15,18H,5-7,9,17H2,1-4H3. The lowest BCUT2D eigenvalue weighted by molar-refractivity contribution is 0.407. The fourth-order valence-electron chi connectivity index (χ4n) is 3.12. The zero-order valence-electron chi connectivity index (χ0n) is 12.5. The van der Waals surface area contributed by atoms with Crippen molar-refractivity contribution in [3.63, 3.8) is 0 Å². The van der Waals surface area contributed by atoms with Gasteiger partial charge >= 0.3 is 0 Å². The first-order chi connectivity index (χ1) is 9.04. The van der Waals surface area contributed by atoms with E-state index in [0.717, 1.165) is 18.7 Å². The van der Waals surface area contributed by atoms with E-state index in [1.54, 1.807) is 7.11 Å². The summed E-state index contributed by atoms with van der Waals surface area (Å²) in [5.74, 6) is 1.01. The Morgan fingerprint density at radius 2 is 2.00 bits per heavy atom. The number of ether oxygens (including phenoxy) is 1. The lowest BCUT2D eigenvalue weighted by Gasteiger charge is -2.20. The van der Waals surface area contributed by atoms with Crippen LogP contribution in [0.1, 0.15) is 41.5 Å². The fraction of sp³-hybridized carbons (Fsp3) is 0.625. The molecule has 0 aromatic heterocycles. The molecule has 106 valence electrons. The van der Waals surface area contributed by atoms with Crippen molar-refractivity contribution in [1.82, 2.24) is 5.32 Å². The van der Waals surface area contributed by atoms with Crippen LogP contribution in [0.4, 0.5) is 0 Å². The van der Waals surface area contributed by atoms with Crippen LogP contribution in [0.25, 0.3) is 0 Å². The summed E-state index contributed by atoms with van der Waals surface area (Å²) >= 11 is 0. The van der Waals surface area contributed by atoms with E-state index >= 15 is 0 Å². The van der Waals surface area contributed by atoms with Gasteiger partial charge < -0.3 is 15.8 Å². The van der Waals surface area contributed by atoms with E-state index in [4.69, 9.17) is 10.5 Å². The summed E-state index contributed by atoms with van der Waals surface area (Å²) in [4.78, 5) is 0. The second-order valence-corrected chi connectivity index (χ2v) is 5.72. The third-order valence-electron chi connectivity index (χ3n) is 4.46. The van der Waals surface area contributed by atoms with Crippen LogP contribution in [0.15, 0.2) is 6.07 Å². The Bertz CT molecular complexity index is 457. The van der Waals surface area contributed by atoms with Crippen molar-refractivity contribution in [2.24, 2.45) is 5.73 Å². The zero-order chi connectivity index (χ0) is 14.0. The molecule has 1 fully saturated rings. The van der Waals surface area contributed by atoms with E-state index in [-0.39, 0.29) is 0 Å². The molecule has 0 radical (unpaired) electrons. The van der Waals surface area contributed by atoms with E-state index < -0.39 is 0 Å². The molecule has 0 aliphatic heterocycles. The average Bonchev–Trinajstić information content (AvgIpc) is 2.78. The van der Waals surface area contributed by atoms with Gasteiger partial charge in [0.1, 0.15) is 5.75 Å². The molecule has 3 nitrogen and oxygen atoms in total. The first-order valence-electron chi connectivity index (χ1n) is 7.17. The van der Waals surface area contributed by atoms with Crippen LogP contribution in [0, 0.1) is 20.8 Å². The molecule has 1 aliphatic carbocycles. The highest BCUT2D eigenvalue weighted by molar-refractivity contribution is 5.48. The van der Waals surface area contributed by atoms with Crippen LogP contribution in [-0.2, 0) is 6.54 Å². The van der Waals surface area contributed by atoms with Gasteiger partial charge in [-0.05, 0) is 55.9 Å². The van der Waals surface area contributed by atoms with E-state index in [1.807, 2.05) is 0 Å². The second kappa shape index (κ2) is 5.93. The topological polar surface area (TPSA) is 47.3 Å². The smallest absolute Gasteiger partial charge is 0.124 e. The summed E-state index contributed by atoms with van der Waals surface area (Å²) in [6, 6.07) is 3.03. The Hall–Kier alpha value is -1.06. The van der Waals surface area contributed by atoms with Crippen molar-refractivity contribution in [2.45, 2.75) is 58.7 Å². The number of aryl methyl sites for hydroxylation is 1. The minimum absolute atomic E-state index is 0.320. The molecule has 0 spiro atoms. The summed E-state index contributed by atoms with van der Waals surface area (Å²) in [6.45, 7) is 7.31. The maximum Gasteiger partial charge on any atom is 0.124 e. The Labute approximate surface area is 116 Å². The predicted molar refractivity (Wildman–Crippen MR) is 79.7 cm³/mol. The first kappa shape index (κ1) is 14.4. The van der Waals surface area contributed by atoms with Gasteiger partial charge in [0.25, 0.3) is 0 Å². The lowest BCUT2D eigenvalue weighted by Crippen LogP contribution is -2.40. The summed E-state index contributed by atoms with van der Waals surface area (Å²) in [5.41, 5.74) is 11.2. The molecule has 2 unspecified atom stereocenters. The number of hydrogen-bond acceptors (Lipinski definition) is 3. The molecule has 3 heteroatoms. The van der Waals surface area contributed by atoms with E-state index in [1.165, 1.54) is 35.1 Å². The maximum atomic E-state index is 6.10. The van der Waals surface area contributed by atoms with Gasteiger partial charge in [-0.1, -0.05) is 12.5 Å². The summed E-state index contributed by atoms with van der Waals surface area (Å²) < 4.78 is 5.47. The third kappa shape index (κ3) is 2.93. The number of hydrogen-bond donors (Lipinski definition) is 2. The fourth-order valence-corrected chi connectivity index (χ4v) is 3.12. The SMILES string of the molecule is COc1c(C)cc(CNC2CCCC2N)c(C)c1C. The van der Waals surface area contributed by atoms with Gasteiger partial charge in [-0.2, -0.15) is 0 Å². The second-order valence-electron chi connectivity index (χ2n) is 5.72. The molecular formula is C16H26N2O. The number of rotatable bonds is 4. The highest BCUT2D eigenvalue weighted by Gasteiger charge is 2.23. The highest BCUT2D eigenvalue weighted by atomic mass is 16.5. The predicted octanol–water partition coefficient (Wildman–Crippen LogP) is 2.59. The van der Waals surface area contributed by atoms with Gasteiger partial charge in [0.2, 0.25) is 0 Å². The van der Waals surface area contributed by atoms with Gasteiger partial charge in [-0.3, -0.25) is 0 Å². The summed E-state index contributed by atoms with van der Waals surface area (Å²) in [6.07, 6.45) is 3.60. The Kier molecular flexibility index (Phi) is 4.48. The van der Waals surface area contributed by atoms with Gasteiger partial charge in [-0.15, -0.1) is 0 Å². The first-order valence-corrected chi connectivity index (χ1v) is 7.17. The third-order valence-corrected chi connectivity index (χ3v) is 4.46. The van der Waals surface area contributed by atoms with Crippen LogP contribution >= 0.6 is 0 Å². The molecule has 3 N–H and O–H groups in total. The molecule has 1 saturated carbocycles. The number of nitrogens with one attached hydrogen (secondary N) is 1. The Balaban J connectivity index is 2.12. The average molecular weight is 262 g/mol. The summed E-state index contributed by atoms with van der Waals surface area (Å²) in [7, 11) is 1.74. The van der Waals surface area contributed by atoms with Crippen molar-refractivity contribution < 1.29 is 4.74 Å². The number of benzene rings is 1. The number of nitrogens with two attached hydrogens (primary N) is 1. The highest BCUT2D eigenvalue weighted by Crippen LogP contribution is 2.28. The molecule has 1 aliphatic rings. The lowest BCUT2D eigenvalue weighted by atomic mass is 9.98. The largest absolute Gasteiger partial charge is 0.496 e. The number of methoxy groups -OCH3 is 1. The monoisotopic (exact) mass is 262 g/mol. The molecule has 1 aromatic carbocycles. The van der Waals surface area contributed by atoms with E-state index in [9.17, 15) is 0 Å². The maximum absolute atomic E-state index is 6.10. The molecule has 19 heavy (non-hydrogen) atoms. The van der Waals surface area contributed by atoms with Gasteiger partial charge in [0, 0.05) is 18.6 Å². The van der Waals surface area contributed by atoms with Gasteiger partial charge in [0.15, 0.2) is 0 Å². The summed E-state index contributed by atoms with van der Waals surface area (Å²) in [5, 5.41) is 3.61. The van der Waals surface area contributed by atoms with Crippen molar-refractivity contribution in [3.05, 3.63) is 28.3 Å². The normalized spacial score (nSPS) is 22.8. The quantitative estimate of drug-likeness (QED) is 0.877. The minimum Gasteiger partial charge on any atom is -0.496 e. The molecule has 2 rings (SSSR count). The molecule has 0 saturated heterocycles. The van der Waals surface area contributed by atoms with Crippen LogP contribution in [0.5, 0.6) is 5.75 Å². The molecular weight excluding hydrogens is 236 g/mol. The molecule has 0 heterocycles. The van der Waals surface area contributed by atoms with Crippen LogP contribution in [0.3, 0.4) is 0 Å². The van der Waals surface area contributed by atoms with E-state index in [2.05, 4.69) is 32.2 Å². The van der Waals surface area contributed by atoms with Crippen molar-refractivity contribution in [1.29, 1.82) is 0 Å². The Morgan fingerprint density at radius 3 is 2.58 bits per heavy atom. The van der Waals surface area contributed by atoms with Crippen LogP contribution in [0.2, 0.25) is 0 Å². The molecule has 0 amide bonds. The van der Waals surface area contributed by atoms with Gasteiger partial charge in [0.05, 0.1) is 7.11 Å². The minimum atomic E-state index is 0.320. The molecule has 1 aromatic rings. The van der Waals surface area contributed by atoms with Gasteiger partial charge in [-0.25, -0.2) is 0 Å². The van der Waals surface area contributed by atoms with E-state index in [0.29, 0.717) is 12.1 Å². The zero-order valence-corrected chi connectivity index (χ0v) is 12.5. The van der Waals surface area contributed by atoms with Crippen molar-refractivity contribution in [3.8, 4) is 5.75 Å². The molecule has 2 atom stereocenters. The Morgan fingerprint density at radius 1 is 1.26 bits per heavy atom. The van der Waals surface area contributed by atoms with Crippen LogP contribution < -0.4 is 15.8 Å². The van der Waals surface area contributed by atoms with Crippen molar-refractivity contribution in [2.75, 3.05) is 7.11 Å². The molecule has 0 bridgehead atoms.